The monoisotopic (exact) mass is 182 g/mol. The van der Waals surface area contributed by atoms with Gasteiger partial charge in [-0.2, -0.15) is 0 Å². The molecular formula is C8H10N2OS. The smallest absolute Gasteiger partial charge is 0.254 e. The highest BCUT2D eigenvalue weighted by molar-refractivity contribution is 8.04. The van der Waals surface area contributed by atoms with Gasteiger partial charge in [-0.25, -0.2) is 0 Å². The number of thioether (sulfide) groups is 1. The van der Waals surface area contributed by atoms with Gasteiger partial charge in [0.05, 0.1) is 4.91 Å². The summed E-state index contributed by atoms with van der Waals surface area (Å²) in [4.78, 5) is 15.7. The summed E-state index contributed by atoms with van der Waals surface area (Å²) in [5.74, 6) is 0.136. The Hall–Kier alpha value is -0.770. The zero-order valence-corrected chi connectivity index (χ0v) is 7.38. The standard InChI is InChI=1S/C8H10N2OS/c9-8(11)7-3-5-4-10-2-1-6(5)12-7/h2-3,5-6H,1,4H2,(H2,9,11). The van der Waals surface area contributed by atoms with Gasteiger partial charge >= 0.3 is 0 Å². The van der Waals surface area contributed by atoms with E-state index in [1.54, 1.807) is 11.8 Å². The summed E-state index contributed by atoms with van der Waals surface area (Å²) in [6, 6.07) is 0. The molecular weight excluding hydrogens is 172 g/mol. The lowest BCUT2D eigenvalue weighted by atomic mass is 10.0. The van der Waals surface area contributed by atoms with E-state index in [0.717, 1.165) is 17.9 Å². The predicted molar refractivity (Wildman–Crippen MR) is 50.1 cm³/mol. The maximum atomic E-state index is 10.8. The second kappa shape index (κ2) is 2.94. The lowest BCUT2D eigenvalue weighted by molar-refractivity contribution is -0.113. The molecule has 0 aromatic heterocycles. The third-order valence-electron chi connectivity index (χ3n) is 2.15. The van der Waals surface area contributed by atoms with Crippen LogP contribution < -0.4 is 5.73 Å². The van der Waals surface area contributed by atoms with Crippen molar-refractivity contribution < 1.29 is 4.79 Å². The largest absolute Gasteiger partial charge is 0.365 e. The molecule has 0 aromatic carbocycles. The minimum atomic E-state index is -0.297. The predicted octanol–water partition coefficient (Wildman–Crippen LogP) is 0.562. The lowest BCUT2D eigenvalue weighted by Gasteiger charge is -2.17. The van der Waals surface area contributed by atoms with Gasteiger partial charge in [0.25, 0.3) is 5.91 Å². The first-order chi connectivity index (χ1) is 5.77. The summed E-state index contributed by atoms with van der Waals surface area (Å²) in [5.41, 5.74) is 5.18. The molecule has 4 heteroatoms. The van der Waals surface area contributed by atoms with E-state index in [4.69, 9.17) is 5.73 Å². The summed E-state index contributed by atoms with van der Waals surface area (Å²) in [6.07, 6.45) is 4.86. The number of nitrogens with zero attached hydrogens (tertiary/aromatic N) is 1. The molecule has 1 amide bonds. The summed E-state index contributed by atoms with van der Waals surface area (Å²) < 4.78 is 0. The van der Waals surface area contributed by atoms with Crippen molar-refractivity contribution in [2.45, 2.75) is 11.7 Å². The fraction of sp³-hybridized carbons (Fsp3) is 0.500. The van der Waals surface area contributed by atoms with Crippen LogP contribution in [0.4, 0.5) is 0 Å². The molecule has 2 aliphatic heterocycles. The van der Waals surface area contributed by atoms with Crippen molar-refractivity contribution in [2.75, 3.05) is 6.54 Å². The SMILES string of the molecule is NC(=O)C1=CC2CN=CCC2S1. The Balaban J connectivity index is 2.13. The summed E-state index contributed by atoms with van der Waals surface area (Å²) in [6.45, 7) is 0.814. The van der Waals surface area contributed by atoms with E-state index in [2.05, 4.69) is 4.99 Å². The molecule has 0 aromatic rings. The first-order valence-corrected chi connectivity index (χ1v) is 4.82. The van der Waals surface area contributed by atoms with Gasteiger partial charge in [-0.05, 0) is 12.6 Å². The van der Waals surface area contributed by atoms with E-state index in [0.29, 0.717) is 11.2 Å². The average Bonchev–Trinajstić information content (AvgIpc) is 2.46. The van der Waals surface area contributed by atoms with Crippen LogP contribution in [0.25, 0.3) is 0 Å². The molecule has 2 atom stereocenters. The Morgan fingerprint density at radius 2 is 2.58 bits per heavy atom. The van der Waals surface area contributed by atoms with Gasteiger partial charge in [0.1, 0.15) is 0 Å². The number of fused-ring (bicyclic) bond motifs is 1. The molecule has 64 valence electrons. The van der Waals surface area contributed by atoms with Gasteiger partial charge in [0.15, 0.2) is 0 Å². The normalized spacial score (nSPS) is 32.8. The molecule has 2 unspecified atom stereocenters. The van der Waals surface area contributed by atoms with Crippen LogP contribution in [-0.4, -0.2) is 23.9 Å². The third-order valence-corrected chi connectivity index (χ3v) is 3.58. The van der Waals surface area contributed by atoms with Gasteiger partial charge in [-0.1, -0.05) is 6.08 Å². The number of primary amides is 1. The first kappa shape index (κ1) is 7.86. The van der Waals surface area contributed by atoms with Crippen molar-refractivity contribution in [3.05, 3.63) is 11.0 Å². The van der Waals surface area contributed by atoms with E-state index in [9.17, 15) is 4.79 Å². The highest BCUT2D eigenvalue weighted by Gasteiger charge is 2.31. The fourth-order valence-corrected chi connectivity index (χ4v) is 2.72. The number of hydrogen-bond acceptors (Lipinski definition) is 3. The molecule has 0 bridgehead atoms. The van der Waals surface area contributed by atoms with Gasteiger partial charge in [-0.3, -0.25) is 9.79 Å². The van der Waals surface area contributed by atoms with E-state index in [-0.39, 0.29) is 5.91 Å². The molecule has 2 heterocycles. The molecule has 2 rings (SSSR count). The van der Waals surface area contributed by atoms with E-state index in [1.165, 1.54) is 0 Å². The second-order valence-corrected chi connectivity index (χ2v) is 4.28. The van der Waals surface area contributed by atoms with Gasteiger partial charge in [-0.15, -0.1) is 11.8 Å². The minimum Gasteiger partial charge on any atom is -0.365 e. The van der Waals surface area contributed by atoms with Crippen molar-refractivity contribution in [3.63, 3.8) is 0 Å². The van der Waals surface area contributed by atoms with Crippen LogP contribution >= 0.6 is 11.8 Å². The molecule has 2 aliphatic rings. The average molecular weight is 182 g/mol. The van der Waals surface area contributed by atoms with Gasteiger partial charge < -0.3 is 5.73 Å². The maximum Gasteiger partial charge on any atom is 0.254 e. The van der Waals surface area contributed by atoms with Crippen LogP contribution in [0.2, 0.25) is 0 Å². The molecule has 3 nitrogen and oxygen atoms in total. The number of amides is 1. The number of rotatable bonds is 1. The Labute approximate surface area is 75.1 Å². The van der Waals surface area contributed by atoms with Crippen molar-refractivity contribution in [2.24, 2.45) is 16.6 Å². The van der Waals surface area contributed by atoms with E-state index >= 15 is 0 Å². The highest BCUT2D eigenvalue weighted by Crippen LogP contribution is 2.39. The van der Waals surface area contributed by atoms with Crippen molar-refractivity contribution in [3.8, 4) is 0 Å². The zero-order valence-electron chi connectivity index (χ0n) is 6.56. The summed E-state index contributed by atoms with van der Waals surface area (Å²) in [5, 5.41) is 0.505. The molecule has 0 radical (unpaired) electrons. The maximum absolute atomic E-state index is 10.8. The van der Waals surface area contributed by atoms with E-state index in [1.807, 2.05) is 12.3 Å². The number of hydrogen-bond donors (Lipinski definition) is 1. The Bertz CT molecular complexity index is 272. The van der Waals surface area contributed by atoms with Gasteiger partial charge in [0, 0.05) is 17.7 Å². The van der Waals surface area contributed by atoms with Crippen LogP contribution in [0.5, 0.6) is 0 Å². The van der Waals surface area contributed by atoms with E-state index < -0.39 is 0 Å². The number of nitrogens with two attached hydrogens (primary N) is 1. The van der Waals surface area contributed by atoms with Crippen molar-refractivity contribution >= 4 is 23.9 Å². The third kappa shape index (κ3) is 1.27. The Kier molecular flexibility index (Phi) is 1.92. The topological polar surface area (TPSA) is 55.5 Å². The zero-order chi connectivity index (χ0) is 8.55. The molecule has 0 saturated carbocycles. The van der Waals surface area contributed by atoms with Crippen LogP contribution in [0.1, 0.15) is 6.42 Å². The molecule has 0 saturated heterocycles. The number of carbonyl (C=O) groups excluding carboxylic acids is 1. The van der Waals surface area contributed by atoms with Gasteiger partial charge in [0.2, 0.25) is 0 Å². The molecule has 0 fully saturated rings. The quantitative estimate of drug-likeness (QED) is 0.644. The van der Waals surface area contributed by atoms with Crippen LogP contribution in [0.15, 0.2) is 16.0 Å². The second-order valence-electron chi connectivity index (χ2n) is 3.00. The fourth-order valence-electron chi connectivity index (χ4n) is 1.50. The number of carbonyl (C=O) groups is 1. The van der Waals surface area contributed by atoms with Crippen LogP contribution in [0.3, 0.4) is 0 Å². The van der Waals surface area contributed by atoms with Crippen molar-refractivity contribution in [1.82, 2.24) is 0 Å². The lowest BCUT2D eigenvalue weighted by Crippen LogP contribution is -2.19. The Morgan fingerprint density at radius 3 is 3.25 bits per heavy atom. The number of aliphatic imine (C=N–C) groups is 1. The Morgan fingerprint density at radius 1 is 1.75 bits per heavy atom. The van der Waals surface area contributed by atoms with Crippen molar-refractivity contribution in [1.29, 1.82) is 0 Å². The van der Waals surface area contributed by atoms with Crippen LogP contribution in [0, 0.1) is 5.92 Å². The minimum absolute atomic E-state index is 0.297. The van der Waals surface area contributed by atoms with Crippen LogP contribution in [-0.2, 0) is 4.79 Å². The summed E-state index contributed by atoms with van der Waals surface area (Å²) in [7, 11) is 0. The molecule has 0 spiro atoms. The summed E-state index contributed by atoms with van der Waals surface area (Å²) >= 11 is 1.60. The molecule has 0 aliphatic carbocycles. The highest BCUT2D eigenvalue weighted by atomic mass is 32.2. The molecule has 12 heavy (non-hydrogen) atoms. The first-order valence-electron chi connectivity index (χ1n) is 3.94. The molecule has 2 N–H and O–H groups in total.